The molecule has 0 spiro atoms. The third-order valence-electron chi connectivity index (χ3n) is 5.48. The van der Waals surface area contributed by atoms with E-state index in [2.05, 4.69) is 14.9 Å². The quantitative estimate of drug-likeness (QED) is 0.365. The first-order valence-electron chi connectivity index (χ1n) is 9.76. The molecular formula is C24H17F3N2O3. The highest BCUT2D eigenvalue weighted by molar-refractivity contribution is 5.83. The summed E-state index contributed by atoms with van der Waals surface area (Å²) >= 11 is 0. The number of H-pyrrole nitrogens is 1. The van der Waals surface area contributed by atoms with Gasteiger partial charge in [0.1, 0.15) is 5.75 Å². The Morgan fingerprint density at radius 3 is 2.16 bits per heavy atom. The number of hydrogen-bond donors (Lipinski definition) is 2. The Morgan fingerprint density at radius 2 is 1.53 bits per heavy atom. The molecule has 0 fully saturated rings. The minimum absolute atomic E-state index is 0.0268. The summed E-state index contributed by atoms with van der Waals surface area (Å²) in [7, 11) is 1.31. The fraction of sp³-hybridized carbons (Fsp3) is 0.125. The number of ether oxygens (including phenoxy) is 2. The fourth-order valence-corrected chi connectivity index (χ4v) is 4.01. The van der Waals surface area contributed by atoms with Gasteiger partial charge in [0.25, 0.3) is 0 Å². The zero-order valence-electron chi connectivity index (χ0n) is 16.8. The summed E-state index contributed by atoms with van der Waals surface area (Å²) in [6.45, 7) is 0. The molecular weight excluding hydrogens is 421 g/mol. The number of aromatic nitrogens is 2. The molecule has 5 nitrogen and oxygen atoms in total. The van der Waals surface area contributed by atoms with Crippen LogP contribution in [0, 0.1) is 0 Å². The number of phenols is 1. The zero-order valence-corrected chi connectivity index (χ0v) is 16.8. The van der Waals surface area contributed by atoms with Crippen molar-refractivity contribution >= 4 is 0 Å². The molecule has 32 heavy (non-hydrogen) atoms. The van der Waals surface area contributed by atoms with Gasteiger partial charge in [-0.2, -0.15) is 5.10 Å². The predicted molar refractivity (Wildman–Crippen MR) is 113 cm³/mol. The largest absolute Gasteiger partial charge is 0.573 e. The molecule has 0 saturated carbocycles. The summed E-state index contributed by atoms with van der Waals surface area (Å²) in [6, 6.07) is 17.7. The van der Waals surface area contributed by atoms with Gasteiger partial charge >= 0.3 is 6.36 Å². The van der Waals surface area contributed by atoms with Crippen LogP contribution in [0.2, 0.25) is 0 Å². The van der Waals surface area contributed by atoms with Gasteiger partial charge in [-0.15, -0.1) is 13.2 Å². The van der Waals surface area contributed by atoms with E-state index in [0.29, 0.717) is 17.7 Å². The second-order valence-corrected chi connectivity index (χ2v) is 7.43. The van der Waals surface area contributed by atoms with E-state index in [4.69, 9.17) is 4.74 Å². The van der Waals surface area contributed by atoms with E-state index in [0.717, 1.165) is 33.5 Å². The maximum Gasteiger partial charge on any atom is 0.573 e. The third-order valence-corrected chi connectivity index (χ3v) is 5.48. The van der Waals surface area contributed by atoms with Crippen molar-refractivity contribution in [2.75, 3.05) is 7.11 Å². The lowest BCUT2D eigenvalue weighted by Gasteiger charge is -2.14. The highest BCUT2D eigenvalue weighted by atomic mass is 19.4. The lowest BCUT2D eigenvalue weighted by Crippen LogP contribution is -2.17. The number of rotatable bonds is 4. The molecule has 4 aromatic rings. The van der Waals surface area contributed by atoms with Gasteiger partial charge in [0.05, 0.1) is 18.5 Å². The van der Waals surface area contributed by atoms with Gasteiger partial charge in [-0.1, -0.05) is 36.4 Å². The first-order valence-corrected chi connectivity index (χ1v) is 9.76. The number of nitrogens with one attached hydrogen (secondary N) is 1. The number of phenolic OH excluding ortho intramolecular Hbond substituents is 1. The molecule has 1 heterocycles. The van der Waals surface area contributed by atoms with Crippen molar-refractivity contribution in [3.8, 4) is 50.9 Å². The van der Waals surface area contributed by atoms with Crippen LogP contribution in [0.3, 0.4) is 0 Å². The molecule has 1 aromatic heterocycles. The maximum absolute atomic E-state index is 12.8. The van der Waals surface area contributed by atoms with Crippen molar-refractivity contribution in [3.63, 3.8) is 0 Å². The van der Waals surface area contributed by atoms with E-state index >= 15 is 0 Å². The van der Waals surface area contributed by atoms with Crippen LogP contribution >= 0.6 is 0 Å². The number of nitrogens with zero attached hydrogens (tertiary/aromatic N) is 1. The van der Waals surface area contributed by atoms with E-state index < -0.39 is 6.36 Å². The number of hydrogen-bond acceptors (Lipinski definition) is 4. The monoisotopic (exact) mass is 438 g/mol. The molecule has 0 saturated heterocycles. The summed E-state index contributed by atoms with van der Waals surface area (Å²) in [5.41, 5.74) is 6.61. The average Bonchev–Trinajstić information content (AvgIpc) is 3.32. The molecule has 0 radical (unpaired) electrons. The van der Waals surface area contributed by atoms with Crippen LogP contribution in [-0.2, 0) is 6.42 Å². The first kappa shape index (κ1) is 20.0. The number of aromatic amines is 1. The van der Waals surface area contributed by atoms with Gasteiger partial charge in [0.2, 0.25) is 0 Å². The van der Waals surface area contributed by atoms with Crippen LogP contribution in [-0.4, -0.2) is 28.8 Å². The van der Waals surface area contributed by atoms with Gasteiger partial charge in [0.15, 0.2) is 11.5 Å². The molecule has 0 unspecified atom stereocenters. The fourth-order valence-electron chi connectivity index (χ4n) is 4.01. The van der Waals surface area contributed by atoms with Crippen molar-refractivity contribution in [2.24, 2.45) is 0 Å². The highest BCUT2D eigenvalue weighted by Crippen LogP contribution is 2.45. The minimum Gasteiger partial charge on any atom is -0.508 e. The van der Waals surface area contributed by atoms with Crippen molar-refractivity contribution in [3.05, 3.63) is 71.8 Å². The van der Waals surface area contributed by atoms with E-state index in [1.165, 1.54) is 13.2 Å². The summed E-state index contributed by atoms with van der Waals surface area (Å²) < 4.78 is 47.6. The Bertz CT molecular complexity index is 1290. The third kappa shape index (κ3) is 3.53. The van der Waals surface area contributed by atoms with E-state index in [1.54, 1.807) is 18.2 Å². The van der Waals surface area contributed by atoms with Gasteiger partial charge in [-0.25, -0.2) is 0 Å². The molecule has 5 rings (SSSR count). The summed E-state index contributed by atoms with van der Waals surface area (Å²) in [6.07, 6.45) is -4.31. The number of alkyl halides is 3. The predicted octanol–water partition coefficient (Wildman–Crippen LogP) is 5.93. The zero-order chi connectivity index (χ0) is 22.5. The van der Waals surface area contributed by atoms with Gasteiger partial charge in [-0.3, -0.25) is 5.10 Å². The Labute approximate surface area is 181 Å². The molecule has 2 N–H and O–H groups in total. The number of halogens is 3. The Hall–Kier alpha value is -3.94. The smallest absolute Gasteiger partial charge is 0.508 e. The van der Waals surface area contributed by atoms with Crippen LogP contribution in [0.25, 0.3) is 33.6 Å². The van der Waals surface area contributed by atoms with Crippen LogP contribution in [0.15, 0.2) is 60.7 Å². The molecule has 0 amide bonds. The number of fused-ring (bicyclic) bond motifs is 3. The van der Waals surface area contributed by atoms with E-state index in [-0.39, 0.29) is 17.2 Å². The summed E-state index contributed by atoms with van der Waals surface area (Å²) in [5.74, 6) is -0.155. The Morgan fingerprint density at radius 1 is 0.906 bits per heavy atom. The van der Waals surface area contributed by atoms with E-state index in [1.807, 2.05) is 36.4 Å². The second-order valence-electron chi connectivity index (χ2n) is 7.43. The topological polar surface area (TPSA) is 67.4 Å². The average molecular weight is 438 g/mol. The standard InChI is InChI=1S/C24H17F3N2O3/c1-31-20-11-16-10-19-22(28-29-23(19)18(16)12-21(20)32-24(25,26)27)15-4-2-13(3-5-15)14-6-8-17(30)9-7-14/h2-9,11-12,30H,10H2,1H3,(H,28,29). The number of benzene rings is 3. The molecule has 0 bridgehead atoms. The molecule has 162 valence electrons. The van der Waals surface area contributed by atoms with E-state index in [9.17, 15) is 18.3 Å². The number of aromatic hydroxyl groups is 1. The Kier molecular flexibility index (Phi) is 4.58. The molecule has 1 aliphatic carbocycles. The Balaban J connectivity index is 1.49. The molecule has 3 aromatic carbocycles. The normalized spacial score (nSPS) is 12.4. The first-order chi connectivity index (χ1) is 15.3. The SMILES string of the molecule is COc1cc2c(cc1OC(F)(F)F)-c1[nH]nc(-c3ccc(-c4ccc(O)cc4)cc3)c1C2. The van der Waals surface area contributed by atoms with Gasteiger partial charge in [-0.05, 0) is 41.0 Å². The highest BCUT2D eigenvalue weighted by Gasteiger charge is 2.34. The van der Waals surface area contributed by atoms with Crippen molar-refractivity contribution in [2.45, 2.75) is 12.8 Å². The maximum atomic E-state index is 12.8. The minimum atomic E-state index is -4.82. The van der Waals surface area contributed by atoms with Crippen LogP contribution < -0.4 is 9.47 Å². The summed E-state index contributed by atoms with van der Waals surface area (Å²) in [4.78, 5) is 0. The van der Waals surface area contributed by atoms with Crippen LogP contribution in [0.4, 0.5) is 13.2 Å². The van der Waals surface area contributed by atoms with Crippen molar-refractivity contribution in [1.29, 1.82) is 0 Å². The van der Waals surface area contributed by atoms with Crippen LogP contribution in [0.1, 0.15) is 11.1 Å². The second kappa shape index (κ2) is 7.33. The number of methoxy groups -OCH3 is 1. The lowest BCUT2D eigenvalue weighted by atomic mass is 10.0. The summed E-state index contributed by atoms with van der Waals surface area (Å²) in [5, 5.41) is 16.8. The molecule has 0 atom stereocenters. The molecule has 0 aliphatic heterocycles. The molecule has 8 heteroatoms. The van der Waals surface area contributed by atoms with Crippen molar-refractivity contribution in [1.82, 2.24) is 10.2 Å². The van der Waals surface area contributed by atoms with Crippen LogP contribution in [0.5, 0.6) is 17.2 Å². The van der Waals surface area contributed by atoms with Crippen molar-refractivity contribution < 1.29 is 27.8 Å². The molecule has 1 aliphatic rings. The van der Waals surface area contributed by atoms with Gasteiger partial charge in [0, 0.05) is 23.1 Å². The van der Waals surface area contributed by atoms with Gasteiger partial charge < -0.3 is 14.6 Å². The lowest BCUT2D eigenvalue weighted by molar-refractivity contribution is -0.275.